The summed E-state index contributed by atoms with van der Waals surface area (Å²) in [6.45, 7) is 0. The molecule has 0 fully saturated rings. The van der Waals surface area contributed by atoms with E-state index in [1.807, 2.05) is 0 Å². The van der Waals surface area contributed by atoms with Crippen molar-refractivity contribution >= 4 is 0 Å². The summed E-state index contributed by atoms with van der Waals surface area (Å²) in [6, 6.07) is 0. The molecule has 0 aliphatic heterocycles. The van der Waals surface area contributed by atoms with Crippen molar-refractivity contribution in [2.24, 2.45) is 0 Å². The Morgan fingerprint density at radius 3 is 3.10 bits per heavy atom. The second-order valence-electron chi connectivity index (χ2n) is 1.80. The lowest BCUT2D eigenvalue weighted by molar-refractivity contribution is 0.568. The van der Waals surface area contributed by atoms with Crippen molar-refractivity contribution < 1.29 is 4.42 Å². The van der Waals surface area contributed by atoms with Gasteiger partial charge in [0, 0.05) is 12.4 Å². The van der Waals surface area contributed by atoms with Crippen LogP contribution in [-0.4, -0.2) is 15.0 Å². The average molecular weight is 135 g/mol. The molecule has 0 bridgehead atoms. The number of aromatic nitrogens is 3. The molecular formula is C6H5N3O. The molecule has 0 radical (unpaired) electrons. The molecule has 0 aliphatic carbocycles. The second kappa shape index (κ2) is 1.98. The number of hydrogen-bond acceptors (Lipinski definition) is 3. The zero-order valence-electron chi connectivity index (χ0n) is 5.11. The quantitative estimate of drug-likeness (QED) is 0.636. The van der Waals surface area contributed by atoms with Gasteiger partial charge >= 0.3 is 0 Å². The SMILES string of the molecule is c1c[nH]c(-c2cnco2)n1. The molecule has 4 nitrogen and oxygen atoms in total. The number of nitrogens with one attached hydrogen (secondary N) is 1. The lowest BCUT2D eigenvalue weighted by atomic mass is 10.5. The summed E-state index contributed by atoms with van der Waals surface area (Å²) < 4.78 is 4.97. The van der Waals surface area contributed by atoms with Gasteiger partial charge in [-0.15, -0.1) is 0 Å². The third kappa shape index (κ3) is 0.699. The molecule has 2 aromatic heterocycles. The van der Waals surface area contributed by atoms with E-state index < -0.39 is 0 Å². The van der Waals surface area contributed by atoms with Crippen molar-refractivity contribution in [3.8, 4) is 11.6 Å². The van der Waals surface area contributed by atoms with Crippen molar-refractivity contribution in [3.63, 3.8) is 0 Å². The summed E-state index contributed by atoms with van der Waals surface area (Å²) in [5.41, 5.74) is 0. The first-order valence-electron chi connectivity index (χ1n) is 2.85. The van der Waals surface area contributed by atoms with E-state index in [-0.39, 0.29) is 0 Å². The first-order chi connectivity index (χ1) is 4.97. The molecule has 50 valence electrons. The van der Waals surface area contributed by atoms with Gasteiger partial charge in [0.2, 0.25) is 0 Å². The predicted octanol–water partition coefficient (Wildman–Crippen LogP) is 1.06. The van der Waals surface area contributed by atoms with Gasteiger partial charge in [-0.25, -0.2) is 9.97 Å². The third-order valence-corrected chi connectivity index (χ3v) is 1.16. The van der Waals surface area contributed by atoms with Crippen LogP contribution >= 0.6 is 0 Å². The topological polar surface area (TPSA) is 54.7 Å². The van der Waals surface area contributed by atoms with Crippen LogP contribution in [0.15, 0.2) is 29.4 Å². The van der Waals surface area contributed by atoms with Crippen LogP contribution in [-0.2, 0) is 0 Å². The van der Waals surface area contributed by atoms with Gasteiger partial charge in [0.15, 0.2) is 18.0 Å². The number of hydrogen-bond donors (Lipinski definition) is 1. The molecule has 2 aromatic rings. The molecular weight excluding hydrogens is 130 g/mol. The van der Waals surface area contributed by atoms with Crippen molar-refractivity contribution in [3.05, 3.63) is 25.0 Å². The Hall–Kier alpha value is -1.58. The number of H-pyrrole nitrogens is 1. The van der Waals surface area contributed by atoms with Crippen molar-refractivity contribution in [1.29, 1.82) is 0 Å². The summed E-state index contributed by atoms with van der Waals surface area (Å²) in [7, 11) is 0. The molecule has 0 saturated heterocycles. The van der Waals surface area contributed by atoms with E-state index in [4.69, 9.17) is 4.42 Å². The summed E-state index contributed by atoms with van der Waals surface area (Å²) in [5.74, 6) is 1.36. The molecule has 0 amide bonds. The smallest absolute Gasteiger partial charge is 0.189 e. The largest absolute Gasteiger partial charge is 0.440 e. The van der Waals surface area contributed by atoms with Crippen molar-refractivity contribution in [1.82, 2.24) is 15.0 Å². The van der Waals surface area contributed by atoms with Gasteiger partial charge in [0.25, 0.3) is 0 Å². The molecule has 0 saturated carbocycles. The number of imidazole rings is 1. The van der Waals surface area contributed by atoms with Crippen LogP contribution in [0.4, 0.5) is 0 Å². The lowest BCUT2D eigenvalue weighted by Crippen LogP contribution is -1.73. The van der Waals surface area contributed by atoms with E-state index in [9.17, 15) is 0 Å². The standard InChI is InChI=1S/C6H5N3O/c1-2-9-6(8-1)5-3-7-4-10-5/h1-4H,(H,8,9). The highest BCUT2D eigenvalue weighted by molar-refractivity contribution is 5.43. The Labute approximate surface area is 56.9 Å². The molecule has 0 aliphatic rings. The van der Waals surface area contributed by atoms with Gasteiger partial charge in [-0.3, -0.25) is 0 Å². The molecule has 0 spiro atoms. The number of rotatable bonds is 1. The summed E-state index contributed by atoms with van der Waals surface area (Å²) >= 11 is 0. The maximum atomic E-state index is 4.97. The maximum Gasteiger partial charge on any atom is 0.189 e. The highest BCUT2D eigenvalue weighted by Gasteiger charge is 2.00. The van der Waals surface area contributed by atoms with Gasteiger partial charge in [0.1, 0.15) is 0 Å². The molecule has 0 aromatic carbocycles. The molecule has 0 unspecified atom stereocenters. The van der Waals surface area contributed by atoms with E-state index in [2.05, 4.69) is 15.0 Å². The molecule has 1 N–H and O–H groups in total. The summed E-state index contributed by atoms with van der Waals surface area (Å²) in [5, 5.41) is 0. The van der Waals surface area contributed by atoms with Gasteiger partial charge in [-0.2, -0.15) is 0 Å². The molecule has 2 rings (SSSR count). The maximum absolute atomic E-state index is 4.97. The fourth-order valence-electron chi connectivity index (χ4n) is 0.733. The number of aromatic amines is 1. The summed E-state index contributed by atoms with van der Waals surface area (Å²) in [6.07, 6.45) is 6.38. The number of nitrogens with zero attached hydrogens (tertiary/aromatic N) is 2. The van der Waals surface area contributed by atoms with Crippen LogP contribution in [0.2, 0.25) is 0 Å². The van der Waals surface area contributed by atoms with Crippen LogP contribution in [0.3, 0.4) is 0 Å². The Bertz CT molecular complexity index is 252. The zero-order chi connectivity index (χ0) is 6.81. The minimum atomic E-state index is 0.657. The van der Waals surface area contributed by atoms with Crippen molar-refractivity contribution in [2.75, 3.05) is 0 Å². The van der Waals surface area contributed by atoms with Gasteiger partial charge < -0.3 is 9.40 Å². The normalized spacial score (nSPS) is 10.0. The molecule has 2 heterocycles. The van der Waals surface area contributed by atoms with E-state index >= 15 is 0 Å². The Morgan fingerprint density at radius 1 is 1.50 bits per heavy atom. The van der Waals surface area contributed by atoms with Gasteiger partial charge in [-0.1, -0.05) is 0 Å². The minimum Gasteiger partial charge on any atom is -0.440 e. The van der Waals surface area contributed by atoms with E-state index in [0.717, 1.165) is 0 Å². The number of oxazole rings is 1. The first-order valence-corrected chi connectivity index (χ1v) is 2.85. The van der Waals surface area contributed by atoms with Crippen LogP contribution in [0.1, 0.15) is 0 Å². The van der Waals surface area contributed by atoms with Crippen LogP contribution in [0.5, 0.6) is 0 Å². The lowest BCUT2D eigenvalue weighted by Gasteiger charge is -1.83. The van der Waals surface area contributed by atoms with Gasteiger partial charge in [0.05, 0.1) is 6.20 Å². The Kier molecular flexibility index (Phi) is 1.04. The van der Waals surface area contributed by atoms with E-state index in [0.29, 0.717) is 11.6 Å². The predicted molar refractivity (Wildman–Crippen MR) is 34.1 cm³/mol. The van der Waals surface area contributed by atoms with Crippen LogP contribution in [0, 0.1) is 0 Å². The van der Waals surface area contributed by atoms with Gasteiger partial charge in [-0.05, 0) is 0 Å². The first kappa shape index (κ1) is 5.22. The highest BCUT2D eigenvalue weighted by Crippen LogP contribution is 2.11. The second-order valence-corrected chi connectivity index (χ2v) is 1.80. The van der Waals surface area contributed by atoms with Crippen LogP contribution < -0.4 is 0 Å². The summed E-state index contributed by atoms with van der Waals surface area (Å²) in [4.78, 5) is 10.6. The van der Waals surface area contributed by atoms with E-state index in [1.165, 1.54) is 6.39 Å². The minimum absolute atomic E-state index is 0.657. The zero-order valence-corrected chi connectivity index (χ0v) is 5.11. The Morgan fingerprint density at radius 2 is 2.50 bits per heavy atom. The fourth-order valence-corrected chi connectivity index (χ4v) is 0.733. The van der Waals surface area contributed by atoms with E-state index in [1.54, 1.807) is 18.6 Å². The molecule has 10 heavy (non-hydrogen) atoms. The van der Waals surface area contributed by atoms with Crippen molar-refractivity contribution in [2.45, 2.75) is 0 Å². The molecule has 0 atom stereocenters. The fraction of sp³-hybridized carbons (Fsp3) is 0. The highest BCUT2D eigenvalue weighted by atomic mass is 16.3. The van der Waals surface area contributed by atoms with Crippen LogP contribution in [0.25, 0.3) is 11.6 Å². The average Bonchev–Trinajstić information content (AvgIpc) is 2.59. The Balaban J connectivity index is 2.48. The monoisotopic (exact) mass is 135 g/mol. The third-order valence-electron chi connectivity index (χ3n) is 1.16. The molecule has 4 heteroatoms.